The quantitative estimate of drug-likeness (QED) is 0.732. The minimum Gasteiger partial charge on any atom is -0.326 e. The molecule has 6 nitrogen and oxygen atoms in total. The summed E-state index contributed by atoms with van der Waals surface area (Å²) < 4.78 is 1.37. The van der Waals surface area contributed by atoms with Gasteiger partial charge in [0.15, 0.2) is 0 Å². The molecule has 1 aromatic heterocycles. The van der Waals surface area contributed by atoms with Gasteiger partial charge >= 0.3 is 5.69 Å². The molecule has 3 aromatic rings. The number of nitrogens with zero attached hydrogens (tertiary/aromatic N) is 1. The average molecular weight is 378 g/mol. The van der Waals surface area contributed by atoms with Gasteiger partial charge in [0, 0.05) is 18.7 Å². The lowest BCUT2D eigenvalue weighted by molar-refractivity contribution is -0.116. The number of amides is 1. The third-order valence-electron chi connectivity index (χ3n) is 3.67. The third-order valence-corrected chi connectivity index (χ3v) is 4.41. The highest BCUT2D eigenvalue weighted by Gasteiger charge is 2.10. The van der Waals surface area contributed by atoms with Gasteiger partial charge in [0.05, 0.1) is 20.9 Å². The molecular formula is C17H13Cl2N3O3. The van der Waals surface area contributed by atoms with Crippen LogP contribution in [-0.4, -0.2) is 15.5 Å². The van der Waals surface area contributed by atoms with E-state index < -0.39 is 11.2 Å². The Morgan fingerprint density at radius 3 is 2.60 bits per heavy atom. The number of para-hydroxylation sites is 1. The van der Waals surface area contributed by atoms with E-state index in [1.807, 2.05) is 0 Å². The summed E-state index contributed by atoms with van der Waals surface area (Å²) in [5, 5.41) is 3.82. The lowest BCUT2D eigenvalue weighted by atomic mass is 10.2. The number of fused-ring (bicyclic) bond motifs is 1. The zero-order chi connectivity index (χ0) is 18.0. The molecule has 25 heavy (non-hydrogen) atoms. The van der Waals surface area contributed by atoms with Crippen molar-refractivity contribution in [3.8, 4) is 0 Å². The van der Waals surface area contributed by atoms with E-state index in [0.717, 1.165) is 0 Å². The monoisotopic (exact) mass is 377 g/mol. The Hall–Kier alpha value is -2.57. The number of aromatic amines is 1. The van der Waals surface area contributed by atoms with E-state index in [2.05, 4.69) is 10.3 Å². The number of H-pyrrole nitrogens is 1. The molecule has 2 N–H and O–H groups in total. The Labute approximate surface area is 152 Å². The Bertz CT molecular complexity index is 1070. The minimum absolute atomic E-state index is 0.0518. The van der Waals surface area contributed by atoms with Crippen molar-refractivity contribution in [1.29, 1.82) is 0 Å². The molecule has 3 rings (SSSR count). The second-order valence-corrected chi connectivity index (χ2v) is 6.17. The van der Waals surface area contributed by atoms with Gasteiger partial charge in [-0.05, 0) is 30.3 Å². The van der Waals surface area contributed by atoms with Crippen LogP contribution in [0.1, 0.15) is 6.42 Å². The maximum atomic E-state index is 12.1. The van der Waals surface area contributed by atoms with E-state index >= 15 is 0 Å². The maximum Gasteiger partial charge on any atom is 0.328 e. The lowest BCUT2D eigenvalue weighted by Crippen LogP contribution is -2.31. The third kappa shape index (κ3) is 3.75. The van der Waals surface area contributed by atoms with E-state index in [-0.39, 0.29) is 18.9 Å². The number of aromatic nitrogens is 2. The second-order valence-electron chi connectivity index (χ2n) is 5.36. The predicted octanol–water partition coefficient (Wildman–Crippen LogP) is 3.03. The summed E-state index contributed by atoms with van der Waals surface area (Å²) in [6, 6.07) is 11.5. The summed E-state index contributed by atoms with van der Waals surface area (Å²) in [7, 11) is 0. The van der Waals surface area contributed by atoms with Crippen LogP contribution < -0.4 is 16.6 Å². The van der Waals surface area contributed by atoms with Gasteiger partial charge in [0.25, 0.3) is 5.56 Å². The van der Waals surface area contributed by atoms with Crippen molar-refractivity contribution in [1.82, 2.24) is 9.55 Å². The molecule has 128 valence electrons. The zero-order valence-corrected chi connectivity index (χ0v) is 14.4. The van der Waals surface area contributed by atoms with E-state index in [0.29, 0.717) is 26.6 Å². The lowest BCUT2D eigenvalue weighted by Gasteiger charge is -2.10. The van der Waals surface area contributed by atoms with Crippen LogP contribution in [0.5, 0.6) is 0 Å². The van der Waals surface area contributed by atoms with E-state index in [1.54, 1.807) is 42.5 Å². The van der Waals surface area contributed by atoms with Gasteiger partial charge in [0.1, 0.15) is 0 Å². The molecule has 8 heteroatoms. The van der Waals surface area contributed by atoms with Crippen molar-refractivity contribution in [2.24, 2.45) is 0 Å². The van der Waals surface area contributed by atoms with Crippen LogP contribution in [0.3, 0.4) is 0 Å². The Morgan fingerprint density at radius 1 is 1.08 bits per heavy atom. The first-order chi connectivity index (χ1) is 12.0. The summed E-state index contributed by atoms with van der Waals surface area (Å²) in [6.45, 7) is 0.128. The van der Waals surface area contributed by atoms with Gasteiger partial charge < -0.3 is 5.32 Å². The van der Waals surface area contributed by atoms with Crippen LogP contribution >= 0.6 is 23.2 Å². The zero-order valence-electron chi connectivity index (χ0n) is 12.9. The van der Waals surface area contributed by atoms with Gasteiger partial charge in [-0.25, -0.2) is 4.79 Å². The van der Waals surface area contributed by atoms with Crippen LogP contribution in [0.4, 0.5) is 5.69 Å². The molecule has 0 unspecified atom stereocenters. The second kappa shape index (κ2) is 7.13. The molecule has 2 aromatic carbocycles. The van der Waals surface area contributed by atoms with Crippen molar-refractivity contribution < 1.29 is 4.79 Å². The average Bonchev–Trinajstić information content (AvgIpc) is 2.58. The van der Waals surface area contributed by atoms with Gasteiger partial charge in [0.2, 0.25) is 5.91 Å². The first kappa shape index (κ1) is 17.3. The van der Waals surface area contributed by atoms with Crippen LogP contribution in [0, 0.1) is 0 Å². The number of hydrogen-bond donors (Lipinski definition) is 2. The number of carbonyl (C=O) groups is 1. The van der Waals surface area contributed by atoms with Crippen LogP contribution in [-0.2, 0) is 11.3 Å². The van der Waals surface area contributed by atoms with Crippen LogP contribution in [0.2, 0.25) is 10.0 Å². The molecule has 0 spiro atoms. The fourth-order valence-corrected chi connectivity index (χ4v) is 2.77. The van der Waals surface area contributed by atoms with E-state index in [4.69, 9.17) is 23.2 Å². The molecule has 0 fully saturated rings. The van der Waals surface area contributed by atoms with E-state index in [1.165, 1.54) is 4.57 Å². The number of benzene rings is 2. The Kier molecular flexibility index (Phi) is 4.92. The van der Waals surface area contributed by atoms with Crippen molar-refractivity contribution >= 4 is 45.7 Å². The number of rotatable bonds is 4. The normalized spacial score (nSPS) is 10.8. The Morgan fingerprint density at radius 2 is 1.84 bits per heavy atom. The highest BCUT2D eigenvalue weighted by atomic mass is 35.5. The van der Waals surface area contributed by atoms with Crippen LogP contribution in [0.25, 0.3) is 10.9 Å². The molecule has 0 saturated carbocycles. The van der Waals surface area contributed by atoms with Crippen molar-refractivity contribution in [3.63, 3.8) is 0 Å². The molecule has 1 heterocycles. The number of halogens is 2. The fraction of sp³-hybridized carbons (Fsp3) is 0.118. The summed E-state index contributed by atoms with van der Waals surface area (Å²) in [5.74, 6) is -0.291. The molecule has 0 aliphatic carbocycles. The van der Waals surface area contributed by atoms with Crippen molar-refractivity contribution in [3.05, 3.63) is 73.3 Å². The van der Waals surface area contributed by atoms with E-state index in [9.17, 15) is 14.4 Å². The Balaban J connectivity index is 1.78. The molecule has 0 radical (unpaired) electrons. The summed E-state index contributed by atoms with van der Waals surface area (Å²) in [4.78, 5) is 38.2. The highest BCUT2D eigenvalue weighted by Crippen LogP contribution is 2.25. The van der Waals surface area contributed by atoms with Crippen molar-refractivity contribution in [2.75, 3.05) is 5.32 Å². The molecule has 0 aliphatic heterocycles. The molecular weight excluding hydrogens is 365 g/mol. The number of anilines is 1. The summed E-state index contributed by atoms with van der Waals surface area (Å²) in [5.41, 5.74) is -0.000180. The maximum absolute atomic E-state index is 12.1. The number of nitrogens with one attached hydrogen (secondary N) is 2. The summed E-state index contributed by atoms with van der Waals surface area (Å²) >= 11 is 11.7. The molecule has 0 saturated heterocycles. The fourth-order valence-electron chi connectivity index (χ4n) is 2.48. The number of hydrogen-bond acceptors (Lipinski definition) is 3. The number of carbonyl (C=O) groups excluding carboxylic acids is 1. The van der Waals surface area contributed by atoms with Gasteiger partial charge in [-0.1, -0.05) is 35.3 Å². The molecule has 0 bridgehead atoms. The van der Waals surface area contributed by atoms with Gasteiger partial charge in [-0.2, -0.15) is 0 Å². The molecule has 0 atom stereocenters. The van der Waals surface area contributed by atoms with Gasteiger partial charge in [-0.3, -0.25) is 19.1 Å². The molecule has 1 amide bonds. The first-order valence-electron chi connectivity index (χ1n) is 7.42. The predicted molar refractivity (Wildman–Crippen MR) is 98.5 cm³/mol. The molecule has 0 aliphatic rings. The standard InChI is InChI=1S/C17H13Cl2N3O3/c18-12-6-5-10(9-13(12)19)20-15(23)7-8-22-14-4-2-1-3-11(14)16(24)21-17(22)25/h1-6,9H,7-8H2,(H,20,23)(H,21,24,25). The largest absolute Gasteiger partial charge is 0.328 e. The minimum atomic E-state index is -0.550. The highest BCUT2D eigenvalue weighted by molar-refractivity contribution is 6.42. The number of aryl methyl sites for hydroxylation is 1. The van der Waals surface area contributed by atoms with Crippen LogP contribution in [0.15, 0.2) is 52.1 Å². The SMILES string of the molecule is O=C(CCn1c(=O)[nH]c(=O)c2ccccc21)Nc1ccc(Cl)c(Cl)c1. The smallest absolute Gasteiger partial charge is 0.326 e. The topological polar surface area (TPSA) is 84.0 Å². The summed E-state index contributed by atoms with van der Waals surface area (Å²) in [6.07, 6.45) is 0.0518. The van der Waals surface area contributed by atoms with Gasteiger partial charge in [-0.15, -0.1) is 0 Å². The first-order valence-corrected chi connectivity index (χ1v) is 8.18. The van der Waals surface area contributed by atoms with Crippen molar-refractivity contribution in [2.45, 2.75) is 13.0 Å².